The average molecular weight is 382 g/mol. The quantitative estimate of drug-likeness (QED) is 0.678. The van der Waals surface area contributed by atoms with Crippen LogP contribution < -0.4 is 10.2 Å². The second kappa shape index (κ2) is 8.35. The van der Waals surface area contributed by atoms with Crippen molar-refractivity contribution in [2.45, 2.75) is 19.3 Å². The first-order valence-corrected chi connectivity index (χ1v) is 10.1. The van der Waals surface area contributed by atoms with Crippen molar-refractivity contribution in [2.24, 2.45) is 5.92 Å². The van der Waals surface area contributed by atoms with E-state index in [0.717, 1.165) is 25.1 Å². The van der Waals surface area contributed by atoms with Crippen LogP contribution in [0.25, 0.3) is 11.5 Å². The van der Waals surface area contributed by atoms with Crippen LogP contribution in [0.15, 0.2) is 51.6 Å². The van der Waals surface area contributed by atoms with Crippen molar-refractivity contribution < 1.29 is 9.21 Å². The lowest BCUT2D eigenvalue weighted by Crippen LogP contribution is -2.31. The molecule has 1 saturated heterocycles. The summed E-state index contributed by atoms with van der Waals surface area (Å²) in [6, 6.07) is 12.4. The maximum atomic E-state index is 12.1. The molecule has 1 aliphatic heterocycles. The minimum Gasteiger partial charge on any atom is -0.421 e. The molecular formula is C20H22N4O2S. The first kappa shape index (κ1) is 17.7. The predicted molar refractivity (Wildman–Crippen MR) is 106 cm³/mol. The molecule has 4 rings (SSSR count). The fraction of sp³-hybridized carbons (Fsp3) is 0.350. The van der Waals surface area contributed by atoms with Crippen LogP contribution in [0.4, 0.5) is 5.69 Å². The molecule has 140 valence electrons. The number of carbonyl (C=O) groups excluding carboxylic acids is 1. The van der Waals surface area contributed by atoms with E-state index < -0.39 is 0 Å². The van der Waals surface area contributed by atoms with Crippen molar-refractivity contribution in [1.82, 2.24) is 15.5 Å². The molecule has 1 aliphatic rings. The molecule has 0 aliphatic carbocycles. The summed E-state index contributed by atoms with van der Waals surface area (Å²) in [5.41, 5.74) is 2.18. The minimum atomic E-state index is 0.0310. The van der Waals surface area contributed by atoms with E-state index in [1.807, 2.05) is 22.9 Å². The summed E-state index contributed by atoms with van der Waals surface area (Å²) in [6.07, 6.45) is 1.92. The van der Waals surface area contributed by atoms with E-state index >= 15 is 0 Å². The van der Waals surface area contributed by atoms with Crippen LogP contribution in [0.3, 0.4) is 0 Å². The van der Waals surface area contributed by atoms with Crippen LogP contribution in [0.2, 0.25) is 0 Å². The third-order valence-corrected chi connectivity index (χ3v) is 5.48. The Morgan fingerprint density at radius 1 is 1.26 bits per heavy atom. The first-order valence-electron chi connectivity index (χ1n) is 9.19. The summed E-state index contributed by atoms with van der Waals surface area (Å²) >= 11 is 1.58. The smallest absolute Gasteiger partial charge is 0.248 e. The zero-order valence-corrected chi connectivity index (χ0v) is 15.8. The first-order chi connectivity index (χ1) is 13.3. The van der Waals surface area contributed by atoms with Gasteiger partial charge in [0.15, 0.2) is 0 Å². The van der Waals surface area contributed by atoms with E-state index in [1.165, 1.54) is 5.69 Å². The zero-order chi connectivity index (χ0) is 18.5. The standard InChI is InChI=1S/C20H22N4O2S/c25-18(6-7-19-22-23-20(26-19)16-9-11-27-14-16)21-12-15-8-10-24(13-15)17-4-2-1-3-5-17/h1-5,9,11,14-15H,6-8,10,12-13H2,(H,21,25). The highest BCUT2D eigenvalue weighted by atomic mass is 32.1. The highest BCUT2D eigenvalue weighted by Crippen LogP contribution is 2.23. The SMILES string of the molecule is O=C(CCc1nnc(-c2ccsc2)o1)NCC1CCN(c2ccccc2)C1. The number of hydrogen-bond acceptors (Lipinski definition) is 6. The monoisotopic (exact) mass is 382 g/mol. The maximum Gasteiger partial charge on any atom is 0.248 e. The third-order valence-electron chi connectivity index (χ3n) is 4.80. The van der Waals surface area contributed by atoms with Gasteiger partial charge in [0.2, 0.25) is 17.7 Å². The molecule has 0 radical (unpaired) electrons. The predicted octanol–water partition coefficient (Wildman–Crippen LogP) is 3.37. The van der Waals surface area contributed by atoms with Gasteiger partial charge in [-0.25, -0.2) is 0 Å². The number of para-hydroxylation sites is 1. The topological polar surface area (TPSA) is 71.3 Å². The summed E-state index contributed by atoms with van der Waals surface area (Å²) in [7, 11) is 0. The lowest BCUT2D eigenvalue weighted by molar-refractivity contribution is -0.121. The van der Waals surface area contributed by atoms with Gasteiger partial charge in [0.25, 0.3) is 0 Å². The Balaban J connectivity index is 1.19. The van der Waals surface area contributed by atoms with E-state index in [2.05, 4.69) is 44.7 Å². The number of anilines is 1. The summed E-state index contributed by atoms with van der Waals surface area (Å²) in [5.74, 6) is 1.53. The van der Waals surface area contributed by atoms with Gasteiger partial charge in [-0.05, 0) is 35.9 Å². The lowest BCUT2D eigenvalue weighted by atomic mass is 10.1. The largest absolute Gasteiger partial charge is 0.421 e. The lowest BCUT2D eigenvalue weighted by Gasteiger charge is -2.18. The van der Waals surface area contributed by atoms with Gasteiger partial charge in [0.1, 0.15) is 0 Å². The van der Waals surface area contributed by atoms with Crippen molar-refractivity contribution in [3.63, 3.8) is 0 Å². The van der Waals surface area contributed by atoms with Crippen molar-refractivity contribution >= 4 is 22.9 Å². The molecule has 3 heterocycles. The van der Waals surface area contributed by atoms with E-state index in [1.54, 1.807) is 11.3 Å². The van der Waals surface area contributed by atoms with Crippen LogP contribution >= 0.6 is 11.3 Å². The van der Waals surface area contributed by atoms with E-state index in [9.17, 15) is 4.79 Å². The number of aromatic nitrogens is 2. The molecule has 0 spiro atoms. The maximum absolute atomic E-state index is 12.1. The Labute approximate surface area is 162 Å². The van der Waals surface area contributed by atoms with Gasteiger partial charge in [0.05, 0.1) is 0 Å². The number of nitrogens with one attached hydrogen (secondary N) is 1. The number of nitrogens with zero attached hydrogens (tertiary/aromatic N) is 3. The van der Waals surface area contributed by atoms with Crippen molar-refractivity contribution in [3.05, 3.63) is 53.0 Å². The molecule has 6 nitrogen and oxygen atoms in total. The Morgan fingerprint density at radius 2 is 2.15 bits per heavy atom. The summed E-state index contributed by atoms with van der Waals surface area (Å²) < 4.78 is 5.62. The molecule has 1 N–H and O–H groups in total. The van der Waals surface area contributed by atoms with Gasteiger partial charge >= 0.3 is 0 Å². The van der Waals surface area contributed by atoms with Crippen molar-refractivity contribution in [1.29, 1.82) is 0 Å². The summed E-state index contributed by atoms with van der Waals surface area (Å²) in [4.78, 5) is 14.5. The Morgan fingerprint density at radius 3 is 2.96 bits per heavy atom. The number of amides is 1. The third kappa shape index (κ3) is 4.54. The molecule has 1 amide bonds. The fourth-order valence-corrected chi connectivity index (χ4v) is 3.93. The fourth-order valence-electron chi connectivity index (χ4n) is 3.30. The molecule has 0 bridgehead atoms. The van der Waals surface area contributed by atoms with Crippen LogP contribution in [-0.4, -0.2) is 35.7 Å². The second-order valence-electron chi connectivity index (χ2n) is 6.75. The summed E-state index contributed by atoms with van der Waals surface area (Å²) in [6.45, 7) is 2.74. The van der Waals surface area contributed by atoms with E-state index in [4.69, 9.17) is 4.42 Å². The number of hydrogen-bond donors (Lipinski definition) is 1. The van der Waals surface area contributed by atoms with Gasteiger partial charge in [-0.2, -0.15) is 11.3 Å². The van der Waals surface area contributed by atoms with Crippen LogP contribution in [0.5, 0.6) is 0 Å². The Hall–Kier alpha value is -2.67. The molecule has 2 aromatic heterocycles. The normalized spacial score (nSPS) is 16.6. The van der Waals surface area contributed by atoms with Gasteiger partial charge in [-0.1, -0.05) is 18.2 Å². The number of benzene rings is 1. The second-order valence-corrected chi connectivity index (χ2v) is 7.53. The molecule has 1 aromatic carbocycles. The van der Waals surface area contributed by atoms with Gasteiger partial charge in [-0.15, -0.1) is 10.2 Å². The molecule has 27 heavy (non-hydrogen) atoms. The molecule has 1 unspecified atom stereocenters. The van der Waals surface area contributed by atoms with Gasteiger partial charge < -0.3 is 14.6 Å². The van der Waals surface area contributed by atoms with Crippen LogP contribution in [0.1, 0.15) is 18.7 Å². The molecule has 1 fully saturated rings. The van der Waals surface area contributed by atoms with Crippen molar-refractivity contribution in [2.75, 3.05) is 24.5 Å². The van der Waals surface area contributed by atoms with Gasteiger partial charge in [0, 0.05) is 49.1 Å². The molecule has 0 saturated carbocycles. The molecule has 1 atom stereocenters. The Bertz CT molecular complexity index is 863. The number of aryl methyl sites for hydroxylation is 1. The molecular weight excluding hydrogens is 360 g/mol. The van der Waals surface area contributed by atoms with Crippen LogP contribution in [-0.2, 0) is 11.2 Å². The van der Waals surface area contributed by atoms with Gasteiger partial charge in [-0.3, -0.25) is 4.79 Å². The average Bonchev–Trinajstić information content (AvgIpc) is 3.47. The van der Waals surface area contributed by atoms with Crippen LogP contribution in [0, 0.1) is 5.92 Å². The molecule has 7 heteroatoms. The highest BCUT2D eigenvalue weighted by molar-refractivity contribution is 7.08. The van der Waals surface area contributed by atoms with E-state index in [-0.39, 0.29) is 5.91 Å². The number of rotatable bonds is 7. The van der Waals surface area contributed by atoms with Crippen molar-refractivity contribution in [3.8, 4) is 11.5 Å². The highest BCUT2D eigenvalue weighted by Gasteiger charge is 2.23. The van der Waals surface area contributed by atoms with E-state index in [0.29, 0.717) is 37.1 Å². The zero-order valence-electron chi connectivity index (χ0n) is 15.0. The summed E-state index contributed by atoms with van der Waals surface area (Å²) in [5, 5.41) is 15.0. The molecule has 3 aromatic rings. The minimum absolute atomic E-state index is 0.0310. The number of carbonyl (C=O) groups is 1. The number of thiophene rings is 1. The Kier molecular flexibility index (Phi) is 5.48.